The van der Waals surface area contributed by atoms with Crippen LogP contribution in [-0.4, -0.2) is 44.3 Å². The van der Waals surface area contributed by atoms with Crippen molar-refractivity contribution in [2.75, 3.05) is 17.4 Å². The van der Waals surface area contributed by atoms with Gasteiger partial charge in [0.1, 0.15) is 18.4 Å². The maximum absolute atomic E-state index is 13.6. The third-order valence-corrected chi connectivity index (χ3v) is 7.55. The number of nitrogens with one attached hydrogen (secondary N) is 1. The van der Waals surface area contributed by atoms with E-state index in [9.17, 15) is 22.4 Å². The Bertz CT molecular complexity index is 1290. The fourth-order valence-corrected chi connectivity index (χ4v) is 5.11. The first-order chi connectivity index (χ1) is 17.1. The lowest BCUT2D eigenvalue weighted by molar-refractivity contribution is -0.139. The van der Waals surface area contributed by atoms with Gasteiger partial charge in [-0.15, -0.1) is 0 Å². The Morgan fingerprint density at radius 3 is 2.17 bits per heavy atom. The molecule has 0 bridgehead atoms. The highest BCUT2D eigenvalue weighted by atomic mass is 35.5. The van der Waals surface area contributed by atoms with E-state index in [0.717, 1.165) is 4.31 Å². The largest absolute Gasteiger partial charge is 0.355 e. The topological polar surface area (TPSA) is 86.8 Å². The van der Waals surface area contributed by atoms with Gasteiger partial charge in [0.25, 0.3) is 10.0 Å². The van der Waals surface area contributed by atoms with Crippen LogP contribution in [0.2, 0.25) is 5.02 Å². The molecule has 3 rings (SSSR count). The van der Waals surface area contributed by atoms with Crippen molar-refractivity contribution in [1.29, 1.82) is 0 Å². The smallest absolute Gasteiger partial charge is 0.264 e. The molecular weight excluding hydrogens is 505 g/mol. The number of hydrogen-bond acceptors (Lipinski definition) is 4. The van der Waals surface area contributed by atoms with Crippen molar-refractivity contribution < 1.29 is 22.4 Å². The van der Waals surface area contributed by atoms with Gasteiger partial charge in [0.05, 0.1) is 10.6 Å². The van der Waals surface area contributed by atoms with Crippen molar-refractivity contribution in [1.82, 2.24) is 10.2 Å². The van der Waals surface area contributed by atoms with E-state index in [1.165, 1.54) is 65.6 Å². The van der Waals surface area contributed by atoms with Crippen molar-refractivity contribution in [3.05, 3.63) is 95.3 Å². The maximum atomic E-state index is 13.6. The summed E-state index contributed by atoms with van der Waals surface area (Å²) in [6.07, 6.45) is 0. The average molecular weight is 532 g/mol. The maximum Gasteiger partial charge on any atom is 0.264 e. The van der Waals surface area contributed by atoms with E-state index in [0.29, 0.717) is 17.1 Å². The summed E-state index contributed by atoms with van der Waals surface area (Å²) in [7, 11) is -4.14. The van der Waals surface area contributed by atoms with Crippen LogP contribution in [0.4, 0.5) is 10.1 Å². The number of carbonyl (C=O) groups is 2. The van der Waals surface area contributed by atoms with Crippen LogP contribution in [0.1, 0.15) is 19.4 Å². The van der Waals surface area contributed by atoms with Gasteiger partial charge in [-0.1, -0.05) is 41.9 Å². The summed E-state index contributed by atoms with van der Waals surface area (Å²) in [5, 5.41) is 3.09. The number of rotatable bonds is 10. The molecule has 0 unspecified atom stereocenters. The second-order valence-electron chi connectivity index (χ2n) is 8.02. The van der Waals surface area contributed by atoms with Gasteiger partial charge in [-0.3, -0.25) is 13.9 Å². The van der Waals surface area contributed by atoms with Crippen molar-refractivity contribution in [3.8, 4) is 0 Å². The van der Waals surface area contributed by atoms with Gasteiger partial charge in [-0.05, 0) is 67.9 Å². The number of benzene rings is 3. The highest BCUT2D eigenvalue weighted by Crippen LogP contribution is 2.26. The summed E-state index contributed by atoms with van der Waals surface area (Å²) in [5.41, 5.74) is 0.828. The fraction of sp³-hybridized carbons (Fsp3) is 0.231. The molecular formula is C26H27ClFN3O4S. The van der Waals surface area contributed by atoms with E-state index in [1.807, 2.05) is 0 Å². The Hall–Kier alpha value is -3.43. The molecule has 2 amide bonds. The molecule has 3 aromatic rings. The number of amides is 2. The molecule has 3 aromatic carbocycles. The van der Waals surface area contributed by atoms with Gasteiger partial charge >= 0.3 is 0 Å². The molecule has 1 atom stereocenters. The Morgan fingerprint density at radius 1 is 0.972 bits per heavy atom. The number of likely N-dealkylation sites (N-methyl/N-ethyl adjacent to an activating group) is 1. The molecule has 0 spiro atoms. The van der Waals surface area contributed by atoms with Crippen LogP contribution in [0.3, 0.4) is 0 Å². The first kappa shape index (κ1) is 27.2. The molecule has 0 fully saturated rings. The van der Waals surface area contributed by atoms with E-state index in [2.05, 4.69) is 5.32 Å². The number of halogens is 2. The molecule has 7 nitrogen and oxygen atoms in total. The van der Waals surface area contributed by atoms with E-state index >= 15 is 0 Å². The zero-order chi connectivity index (χ0) is 26.3. The summed E-state index contributed by atoms with van der Waals surface area (Å²) in [5.74, 6) is -1.43. The molecule has 1 N–H and O–H groups in total. The minimum atomic E-state index is -4.14. The van der Waals surface area contributed by atoms with Crippen LogP contribution in [-0.2, 0) is 26.2 Å². The lowest BCUT2D eigenvalue weighted by atomic mass is 10.1. The summed E-state index contributed by atoms with van der Waals surface area (Å²) < 4.78 is 41.6. The molecule has 0 saturated heterocycles. The monoisotopic (exact) mass is 531 g/mol. The molecule has 0 aliphatic rings. The summed E-state index contributed by atoms with van der Waals surface area (Å²) >= 11 is 6.00. The minimum Gasteiger partial charge on any atom is -0.355 e. The van der Waals surface area contributed by atoms with Crippen LogP contribution in [0, 0.1) is 5.82 Å². The minimum absolute atomic E-state index is 0.00890. The first-order valence-electron chi connectivity index (χ1n) is 11.3. The second kappa shape index (κ2) is 12.0. The fourth-order valence-electron chi connectivity index (χ4n) is 3.55. The van der Waals surface area contributed by atoms with Gasteiger partial charge in [0.2, 0.25) is 11.8 Å². The highest BCUT2D eigenvalue weighted by Gasteiger charge is 2.32. The molecule has 0 aromatic heterocycles. The van der Waals surface area contributed by atoms with Gasteiger partial charge < -0.3 is 10.2 Å². The SMILES string of the molecule is CCNC(=O)[C@@H](C)N(Cc1ccc(F)cc1)C(=O)CN(c1ccc(Cl)cc1)S(=O)(=O)c1ccccc1. The quantitative estimate of drug-likeness (QED) is 0.424. The first-order valence-corrected chi connectivity index (χ1v) is 13.1. The predicted octanol–water partition coefficient (Wildman–Crippen LogP) is 4.23. The zero-order valence-corrected chi connectivity index (χ0v) is 21.5. The number of anilines is 1. The summed E-state index contributed by atoms with van der Waals surface area (Å²) in [6.45, 7) is 3.10. The molecule has 10 heteroatoms. The third-order valence-electron chi connectivity index (χ3n) is 5.51. The number of sulfonamides is 1. The van der Waals surface area contributed by atoms with Crippen molar-refractivity contribution >= 4 is 39.1 Å². The van der Waals surface area contributed by atoms with Crippen molar-refractivity contribution in [2.45, 2.75) is 31.3 Å². The Morgan fingerprint density at radius 2 is 1.58 bits per heavy atom. The summed E-state index contributed by atoms with van der Waals surface area (Å²) in [6, 6.07) is 18.5. The van der Waals surface area contributed by atoms with Gasteiger partial charge in [0, 0.05) is 18.1 Å². The molecule has 0 saturated carbocycles. The van der Waals surface area contributed by atoms with Crippen LogP contribution >= 0.6 is 11.6 Å². The van der Waals surface area contributed by atoms with Crippen LogP contribution in [0.25, 0.3) is 0 Å². The average Bonchev–Trinajstić information content (AvgIpc) is 2.87. The standard InChI is InChI=1S/C26H27ClFN3O4S/c1-3-29-26(33)19(2)30(17-20-9-13-22(28)14-10-20)25(32)18-31(23-15-11-21(27)12-16-23)36(34,35)24-7-5-4-6-8-24/h4-16,19H,3,17-18H2,1-2H3,(H,29,33)/t19-/m1/s1. The second-order valence-corrected chi connectivity index (χ2v) is 10.3. The van der Waals surface area contributed by atoms with E-state index < -0.39 is 40.2 Å². The highest BCUT2D eigenvalue weighted by molar-refractivity contribution is 7.92. The van der Waals surface area contributed by atoms with Crippen molar-refractivity contribution in [2.24, 2.45) is 0 Å². The predicted molar refractivity (Wildman–Crippen MR) is 138 cm³/mol. The third kappa shape index (κ3) is 6.61. The number of nitrogens with zero attached hydrogens (tertiary/aromatic N) is 2. The lowest BCUT2D eigenvalue weighted by Gasteiger charge is -2.32. The molecule has 0 radical (unpaired) electrons. The molecule has 0 aliphatic carbocycles. The van der Waals surface area contributed by atoms with Crippen molar-refractivity contribution in [3.63, 3.8) is 0 Å². The Kier molecular flexibility index (Phi) is 9.06. The molecule has 190 valence electrons. The van der Waals surface area contributed by atoms with Crippen LogP contribution < -0.4 is 9.62 Å². The zero-order valence-electron chi connectivity index (χ0n) is 19.9. The van der Waals surface area contributed by atoms with E-state index in [-0.39, 0.29) is 17.1 Å². The normalized spacial score (nSPS) is 12.0. The molecule has 0 heterocycles. The van der Waals surface area contributed by atoms with E-state index in [4.69, 9.17) is 11.6 Å². The van der Waals surface area contributed by atoms with Gasteiger partial charge in [-0.25, -0.2) is 12.8 Å². The molecule has 0 aliphatic heterocycles. The Balaban J connectivity index is 2.00. The lowest BCUT2D eigenvalue weighted by Crippen LogP contribution is -2.51. The molecule has 36 heavy (non-hydrogen) atoms. The van der Waals surface area contributed by atoms with Gasteiger partial charge in [-0.2, -0.15) is 0 Å². The number of carbonyl (C=O) groups excluding carboxylic acids is 2. The Labute approximate surface area is 215 Å². The number of hydrogen-bond donors (Lipinski definition) is 1. The van der Waals surface area contributed by atoms with Crippen LogP contribution in [0.5, 0.6) is 0 Å². The van der Waals surface area contributed by atoms with E-state index in [1.54, 1.807) is 32.0 Å². The van der Waals surface area contributed by atoms with Crippen LogP contribution in [0.15, 0.2) is 83.8 Å². The van der Waals surface area contributed by atoms with Gasteiger partial charge in [0.15, 0.2) is 0 Å². The summed E-state index contributed by atoms with van der Waals surface area (Å²) in [4.78, 5) is 27.6.